The van der Waals surface area contributed by atoms with Gasteiger partial charge in [0.25, 0.3) is 11.5 Å². The molecule has 4 N–H and O–H groups in total. The first-order valence-electron chi connectivity index (χ1n) is 14.0. The number of carbonyl (C=O) groups excluding carboxylic acids is 3. The molecule has 0 bridgehead atoms. The van der Waals surface area contributed by atoms with Gasteiger partial charge in [0, 0.05) is 12.0 Å². The number of aromatic nitrogens is 3. The van der Waals surface area contributed by atoms with Crippen LogP contribution in [0.2, 0.25) is 0 Å². The third-order valence-electron chi connectivity index (χ3n) is 6.84. The summed E-state index contributed by atoms with van der Waals surface area (Å²) in [6.45, 7) is 4.25. The van der Waals surface area contributed by atoms with E-state index in [1.165, 1.54) is 0 Å². The number of rotatable bonds is 13. The van der Waals surface area contributed by atoms with Crippen molar-refractivity contribution in [2.24, 2.45) is 0 Å². The normalized spacial score (nSPS) is 11.7. The Hall–Kier alpha value is -4.45. The molecule has 1 unspecified atom stereocenters. The monoisotopic (exact) mass is 651 g/mol. The SMILES string of the molecule is CCOC(=O)CCC(NC(=O)c1ccc(CCc2c(Br)n(Cc3ccccc3)c3nc(N)[nH]c(=O)c23)cc1)C(=O)OCC. The summed E-state index contributed by atoms with van der Waals surface area (Å²) in [5, 5.41) is 3.14. The number of halogens is 1. The fraction of sp³-hybridized carbons (Fsp3) is 0.323. The van der Waals surface area contributed by atoms with Crippen molar-refractivity contribution in [1.29, 1.82) is 0 Å². The van der Waals surface area contributed by atoms with Gasteiger partial charge in [0.15, 0.2) is 5.65 Å². The van der Waals surface area contributed by atoms with Crippen LogP contribution in [0, 0.1) is 0 Å². The highest BCUT2D eigenvalue weighted by molar-refractivity contribution is 9.10. The Morgan fingerprint density at radius 3 is 2.37 bits per heavy atom. The molecule has 0 aliphatic rings. The number of hydrogen-bond donors (Lipinski definition) is 3. The van der Waals surface area contributed by atoms with Gasteiger partial charge in [-0.15, -0.1) is 0 Å². The first-order chi connectivity index (χ1) is 20.7. The standard InChI is InChI=1S/C31H34BrN5O6/c1-3-42-24(38)17-16-23(30(41)43-4-2)34-28(39)21-13-10-19(11-14-21)12-15-22-25-27(35-31(33)36-29(25)40)37(26(22)32)18-20-8-6-5-7-9-20/h5-11,13-14,23H,3-4,12,15-18H2,1-2H3,(H,34,39)(H3,33,35,36,40). The van der Waals surface area contributed by atoms with Gasteiger partial charge in [-0.3, -0.25) is 19.4 Å². The van der Waals surface area contributed by atoms with E-state index in [9.17, 15) is 19.2 Å². The van der Waals surface area contributed by atoms with Crippen LogP contribution in [-0.4, -0.2) is 51.6 Å². The first-order valence-corrected chi connectivity index (χ1v) is 14.8. The van der Waals surface area contributed by atoms with E-state index < -0.39 is 23.9 Å². The predicted octanol–water partition coefficient (Wildman–Crippen LogP) is 3.91. The summed E-state index contributed by atoms with van der Waals surface area (Å²) < 4.78 is 12.7. The molecule has 1 amide bonds. The van der Waals surface area contributed by atoms with Crippen LogP contribution < -0.4 is 16.6 Å². The van der Waals surface area contributed by atoms with Crippen LogP contribution in [0.3, 0.4) is 0 Å². The summed E-state index contributed by atoms with van der Waals surface area (Å²) in [7, 11) is 0. The highest BCUT2D eigenvalue weighted by Gasteiger charge is 2.24. The Bertz CT molecular complexity index is 1650. The van der Waals surface area contributed by atoms with Gasteiger partial charge in [-0.25, -0.2) is 4.79 Å². The number of H-pyrrole nitrogens is 1. The van der Waals surface area contributed by atoms with E-state index >= 15 is 0 Å². The number of fused-ring (bicyclic) bond motifs is 1. The number of benzene rings is 2. The minimum Gasteiger partial charge on any atom is -0.466 e. The van der Waals surface area contributed by atoms with Crippen LogP contribution in [0.5, 0.6) is 0 Å². The number of aryl methyl sites for hydroxylation is 2. The minimum atomic E-state index is -0.983. The first kappa shape index (κ1) is 31.5. The van der Waals surface area contributed by atoms with Crippen molar-refractivity contribution < 1.29 is 23.9 Å². The fourth-order valence-corrected chi connectivity index (χ4v) is 5.45. The lowest BCUT2D eigenvalue weighted by Gasteiger charge is -2.17. The van der Waals surface area contributed by atoms with Gasteiger partial charge in [-0.2, -0.15) is 4.98 Å². The minimum absolute atomic E-state index is 0.0290. The highest BCUT2D eigenvalue weighted by atomic mass is 79.9. The molecule has 0 radical (unpaired) electrons. The van der Waals surface area contributed by atoms with Gasteiger partial charge in [0.1, 0.15) is 6.04 Å². The average molecular weight is 653 g/mol. The number of ether oxygens (including phenoxy) is 2. The molecule has 0 spiro atoms. The second kappa shape index (κ2) is 14.6. The molecular weight excluding hydrogens is 618 g/mol. The van der Waals surface area contributed by atoms with E-state index in [0.717, 1.165) is 21.3 Å². The van der Waals surface area contributed by atoms with Gasteiger partial charge in [0.05, 0.1) is 29.7 Å². The number of nitrogen functional groups attached to an aromatic ring is 1. The van der Waals surface area contributed by atoms with E-state index in [1.807, 2.05) is 47.0 Å². The molecule has 4 aromatic rings. The Labute approximate surface area is 256 Å². The zero-order valence-corrected chi connectivity index (χ0v) is 25.6. The maximum Gasteiger partial charge on any atom is 0.328 e. The van der Waals surface area contributed by atoms with Gasteiger partial charge in [-0.1, -0.05) is 42.5 Å². The highest BCUT2D eigenvalue weighted by Crippen LogP contribution is 2.30. The molecule has 4 rings (SSSR count). The lowest BCUT2D eigenvalue weighted by Crippen LogP contribution is -2.42. The summed E-state index contributed by atoms with van der Waals surface area (Å²) in [6.07, 6.45) is 1.14. The van der Waals surface area contributed by atoms with Crippen molar-refractivity contribution >= 4 is 50.8 Å². The van der Waals surface area contributed by atoms with Gasteiger partial charge >= 0.3 is 11.9 Å². The molecule has 2 heterocycles. The fourth-order valence-electron chi connectivity index (χ4n) is 4.76. The second-order valence-corrected chi connectivity index (χ2v) is 10.6. The van der Waals surface area contributed by atoms with E-state index in [1.54, 1.807) is 26.0 Å². The zero-order chi connectivity index (χ0) is 30.9. The number of carbonyl (C=O) groups is 3. The molecule has 2 aromatic carbocycles. The third kappa shape index (κ3) is 7.89. The summed E-state index contributed by atoms with van der Waals surface area (Å²) in [6, 6.07) is 15.9. The lowest BCUT2D eigenvalue weighted by atomic mass is 10.0. The van der Waals surface area contributed by atoms with E-state index in [4.69, 9.17) is 15.2 Å². The summed E-state index contributed by atoms with van der Waals surface area (Å²) in [5.74, 6) is -1.48. The van der Waals surface area contributed by atoms with Crippen LogP contribution in [0.1, 0.15) is 53.7 Å². The molecule has 12 heteroatoms. The quantitative estimate of drug-likeness (QED) is 0.184. The van der Waals surface area contributed by atoms with Gasteiger partial charge < -0.3 is 25.1 Å². The van der Waals surface area contributed by atoms with Crippen molar-refractivity contribution in [2.45, 2.75) is 52.1 Å². The predicted molar refractivity (Wildman–Crippen MR) is 166 cm³/mol. The topological polar surface area (TPSA) is 158 Å². The molecule has 0 fully saturated rings. The average Bonchev–Trinajstić information content (AvgIpc) is 3.25. The van der Waals surface area contributed by atoms with Crippen LogP contribution in [-0.2, 0) is 38.4 Å². The smallest absolute Gasteiger partial charge is 0.328 e. The number of hydrogen-bond acceptors (Lipinski definition) is 8. The molecule has 2 aromatic heterocycles. The number of amides is 1. The van der Waals surface area contributed by atoms with Crippen molar-refractivity contribution in [2.75, 3.05) is 18.9 Å². The van der Waals surface area contributed by atoms with E-state index in [2.05, 4.69) is 31.2 Å². The zero-order valence-electron chi connectivity index (χ0n) is 24.0. The third-order valence-corrected chi connectivity index (χ3v) is 7.75. The number of nitrogens with zero attached hydrogens (tertiary/aromatic N) is 2. The van der Waals surface area contributed by atoms with Crippen molar-refractivity contribution in [1.82, 2.24) is 19.9 Å². The van der Waals surface area contributed by atoms with Gasteiger partial charge in [-0.05, 0) is 77.9 Å². The summed E-state index contributed by atoms with van der Waals surface area (Å²) >= 11 is 3.70. The van der Waals surface area contributed by atoms with Crippen LogP contribution in [0.4, 0.5) is 5.95 Å². The van der Waals surface area contributed by atoms with E-state index in [-0.39, 0.29) is 37.6 Å². The number of anilines is 1. The number of esters is 2. The number of nitrogens with two attached hydrogens (primary N) is 1. The molecular formula is C31H34BrN5O6. The number of nitrogens with one attached hydrogen (secondary N) is 2. The maximum atomic E-state index is 12.9. The molecule has 43 heavy (non-hydrogen) atoms. The summed E-state index contributed by atoms with van der Waals surface area (Å²) in [4.78, 5) is 57.1. The number of aromatic amines is 1. The molecule has 1 atom stereocenters. The molecule has 0 saturated heterocycles. The Morgan fingerprint density at radius 1 is 1.00 bits per heavy atom. The second-order valence-electron chi connectivity index (χ2n) is 9.81. The molecule has 0 aliphatic carbocycles. The van der Waals surface area contributed by atoms with Crippen molar-refractivity contribution in [3.8, 4) is 0 Å². The van der Waals surface area contributed by atoms with Crippen LogP contribution in [0.25, 0.3) is 11.0 Å². The summed E-state index contributed by atoms with van der Waals surface area (Å²) in [5.41, 5.74) is 9.22. The molecule has 226 valence electrons. The Balaban J connectivity index is 1.48. The molecule has 0 saturated carbocycles. The maximum absolute atomic E-state index is 12.9. The lowest BCUT2D eigenvalue weighted by molar-refractivity contribution is -0.146. The van der Waals surface area contributed by atoms with E-state index in [0.29, 0.717) is 36.0 Å². The van der Waals surface area contributed by atoms with Crippen LogP contribution >= 0.6 is 15.9 Å². The van der Waals surface area contributed by atoms with Crippen LogP contribution in [0.15, 0.2) is 64.0 Å². The van der Waals surface area contributed by atoms with Gasteiger partial charge in [0.2, 0.25) is 5.95 Å². The van der Waals surface area contributed by atoms with Crippen molar-refractivity contribution in [3.63, 3.8) is 0 Å². The molecule has 0 aliphatic heterocycles. The molecule has 11 nitrogen and oxygen atoms in total. The largest absolute Gasteiger partial charge is 0.466 e. The Kier molecular flexibility index (Phi) is 10.7. The van der Waals surface area contributed by atoms with Crippen molar-refractivity contribution in [3.05, 3.63) is 91.8 Å². The Morgan fingerprint density at radius 2 is 1.70 bits per heavy atom.